The van der Waals surface area contributed by atoms with Gasteiger partial charge in [0.1, 0.15) is 11.5 Å². The van der Waals surface area contributed by atoms with Crippen LogP contribution >= 0.6 is 0 Å². The van der Waals surface area contributed by atoms with E-state index in [0.717, 1.165) is 12.0 Å². The highest BCUT2D eigenvalue weighted by Gasteiger charge is 2.39. The standard InChI is InChI=1S/C18H19F2N/c1-11-8-9-14(19)16(15(11)20)21-17-13-7-5-4-6-12(13)10-18(17,2)3/h4-9,17,21H,10H2,1-3H3. The Hall–Kier alpha value is -1.90. The van der Waals surface area contributed by atoms with Crippen molar-refractivity contribution in [3.8, 4) is 0 Å². The molecule has 0 amide bonds. The summed E-state index contributed by atoms with van der Waals surface area (Å²) in [4.78, 5) is 0. The molecule has 2 aromatic rings. The summed E-state index contributed by atoms with van der Waals surface area (Å²) in [5, 5.41) is 3.11. The zero-order valence-electron chi connectivity index (χ0n) is 12.5. The SMILES string of the molecule is Cc1ccc(F)c(NC2c3ccccc3CC2(C)C)c1F. The van der Waals surface area contributed by atoms with Gasteiger partial charge in [-0.15, -0.1) is 0 Å². The number of nitrogens with one attached hydrogen (secondary N) is 1. The summed E-state index contributed by atoms with van der Waals surface area (Å²) in [5.74, 6) is -1.05. The predicted octanol–water partition coefficient (Wildman–Crippen LogP) is 5.01. The van der Waals surface area contributed by atoms with Crippen molar-refractivity contribution in [2.45, 2.75) is 33.2 Å². The van der Waals surface area contributed by atoms with Gasteiger partial charge in [0.2, 0.25) is 0 Å². The summed E-state index contributed by atoms with van der Waals surface area (Å²) in [6.45, 7) is 5.89. The highest BCUT2D eigenvalue weighted by molar-refractivity contribution is 5.53. The van der Waals surface area contributed by atoms with Crippen molar-refractivity contribution in [2.24, 2.45) is 5.41 Å². The number of rotatable bonds is 2. The molecule has 0 bridgehead atoms. The highest BCUT2D eigenvalue weighted by Crippen LogP contribution is 2.47. The van der Waals surface area contributed by atoms with E-state index in [-0.39, 0.29) is 17.1 Å². The lowest BCUT2D eigenvalue weighted by Gasteiger charge is -2.30. The summed E-state index contributed by atoms with van der Waals surface area (Å²) in [6, 6.07) is 10.8. The second kappa shape index (κ2) is 4.83. The molecule has 21 heavy (non-hydrogen) atoms. The number of hydrogen-bond acceptors (Lipinski definition) is 1. The fraction of sp³-hybridized carbons (Fsp3) is 0.333. The van der Waals surface area contributed by atoms with E-state index in [4.69, 9.17) is 0 Å². The van der Waals surface area contributed by atoms with Crippen LogP contribution in [0.4, 0.5) is 14.5 Å². The van der Waals surface area contributed by atoms with Gasteiger partial charge in [-0.05, 0) is 41.5 Å². The minimum Gasteiger partial charge on any atom is -0.373 e. The third-order valence-corrected chi connectivity index (χ3v) is 4.37. The quantitative estimate of drug-likeness (QED) is 0.818. The Morgan fingerprint density at radius 1 is 1.10 bits per heavy atom. The van der Waals surface area contributed by atoms with Crippen LogP contribution in [0.25, 0.3) is 0 Å². The average Bonchev–Trinajstić information content (AvgIpc) is 2.69. The fourth-order valence-electron chi connectivity index (χ4n) is 3.20. The number of benzene rings is 2. The van der Waals surface area contributed by atoms with Crippen molar-refractivity contribution in [2.75, 3.05) is 5.32 Å². The average molecular weight is 287 g/mol. The van der Waals surface area contributed by atoms with Crippen LogP contribution in [0.15, 0.2) is 36.4 Å². The molecule has 1 nitrogen and oxygen atoms in total. The van der Waals surface area contributed by atoms with Crippen LogP contribution in [-0.4, -0.2) is 0 Å². The van der Waals surface area contributed by atoms with Crippen LogP contribution < -0.4 is 5.32 Å². The molecular formula is C18H19F2N. The molecule has 0 radical (unpaired) electrons. The minimum atomic E-state index is -0.543. The summed E-state index contributed by atoms with van der Waals surface area (Å²) in [5.41, 5.74) is 2.70. The Morgan fingerprint density at radius 2 is 1.81 bits per heavy atom. The Labute approximate surface area is 124 Å². The lowest BCUT2D eigenvalue weighted by atomic mass is 9.85. The molecule has 0 saturated heterocycles. The molecule has 1 aliphatic carbocycles. The van der Waals surface area contributed by atoms with Crippen LogP contribution in [-0.2, 0) is 6.42 Å². The number of halogens is 2. The molecule has 1 atom stereocenters. The van der Waals surface area contributed by atoms with E-state index in [0.29, 0.717) is 5.56 Å². The van der Waals surface area contributed by atoms with Crippen LogP contribution in [0.1, 0.15) is 36.6 Å². The number of hydrogen-bond donors (Lipinski definition) is 1. The molecule has 0 aromatic heterocycles. The zero-order chi connectivity index (χ0) is 15.2. The molecule has 1 N–H and O–H groups in total. The van der Waals surface area contributed by atoms with Gasteiger partial charge < -0.3 is 5.32 Å². The van der Waals surface area contributed by atoms with Gasteiger partial charge in [-0.25, -0.2) is 8.78 Å². The molecule has 1 aliphatic rings. The van der Waals surface area contributed by atoms with Crippen molar-refractivity contribution in [3.63, 3.8) is 0 Å². The smallest absolute Gasteiger partial charge is 0.152 e. The molecule has 2 aromatic carbocycles. The maximum absolute atomic E-state index is 14.2. The summed E-state index contributed by atoms with van der Waals surface area (Å²) in [7, 11) is 0. The van der Waals surface area contributed by atoms with Crippen LogP contribution in [0.5, 0.6) is 0 Å². The second-order valence-electron chi connectivity index (χ2n) is 6.49. The van der Waals surface area contributed by atoms with Gasteiger partial charge in [0.15, 0.2) is 5.82 Å². The van der Waals surface area contributed by atoms with Gasteiger partial charge in [-0.3, -0.25) is 0 Å². The monoisotopic (exact) mass is 287 g/mol. The summed E-state index contributed by atoms with van der Waals surface area (Å²) in [6.07, 6.45) is 0.899. The van der Waals surface area contributed by atoms with Crippen LogP contribution in [0, 0.1) is 24.0 Å². The van der Waals surface area contributed by atoms with Gasteiger partial charge in [-0.2, -0.15) is 0 Å². The third kappa shape index (κ3) is 2.31. The Bertz CT molecular complexity index is 692. The van der Waals surface area contributed by atoms with Crippen molar-refractivity contribution in [1.82, 2.24) is 0 Å². The van der Waals surface area contributed by atoms with E-state index in [1.54, 1.807) is 6.92 Å². The van der Waals surface area contributed by atoms with Crippen molar-refractivity contribution in [3.05, 3.63) is 64.7 Å². The van der Waals surface area contributed by atoms with E-state index in [2.05, 4.69) is 25.2 Å². The minimum absolute atomic E-state index is 0.0234. The first-order chi connectivity index (χ1) is 9.90. The van der Waals surface area contributed by atoms with E-state index in [9.17, 15) is 8.78 Å². The van der Waals surface area contributed by atoms with Crippen molar-refractivity contribution in [1.29, 1.82) is 0 Å². The zero-order valence-corrected chi connectivity index (χ0v) is 12.5. The van der Waals surface area contributed by atoms with Crippen LogP contribution in [0.2, 0.25) is 0 Å². The lowest BCUT2D eigenvalue weighted by Crippen LogP contribution is -2.25. The Balaban J connectivity index is 2.04. The lowest BCUT2D eigenvalue weighted by molar-refractivity contribution is 0.335. The second-order valence-corrected chi connectivity index (χ2v) is 6.49. The highest BCUT2D eigenvalue weighted by atomic mass is 19.1. The molecule has 3 rings (SSSR count). The largest absolute Gasteiger partial charge is 0.373 e. The van der Waals surface area contributed by atoms with E-state index in [1.807, 2.05) is 18.2 Å². The topological polar surface area (TPSA) is 12.0 Å². The summed E-state index contributed by atoms with van der Waals surface area (Å²) < 4.78 is 28.3. The molecule has 0 heterocycles. The summed E-state index contributed by atoms with van der Waals surface area (Å²) >= 11 is 0. The predicted molar refractivity (Wildman–Crippen MR) is 81.4 cm³/mol. The molecule has 0 saturated carbocycles. The molecule has 1 unspecified atom stereocenters. The van der Waals surface area contributed by atoms with Crippen molar-refractivity contribution < 1.29 is 8.78 Å². The first-order valence-electron chi connectivity index (χ1n) is 7.19. The van der Waals surface area contributed by atoms with Crippen molar-refractivity contribution >= 4 is 5.69 Å². The van der Waals surface area contributed by atoms with E-state index < -0.39 is 11.6 Å². The molecule has 0 spiro atoms. The van der Waals surface area contributed by atoms with E-state index in [1.165, 1.54) is 17.7 Å². The third-order valence-electron chi connectivity index (χ3n) is 4.37. The van der Waals surface area contributed by atoms with Gasteiger partial charge in [0, 0.05) is 0 Å². The molecular weight excluding hydrogens is 268 g/mol. The van der Waals surface area contributed by atoms with Gasteiger partial charge in [-0.1, -0.05) is 44.2 Å². The normalized spacial score (nSPS) is 19.4. The molecule has 0 fully saturated rings. The number of aryl methyl sites for hydroxylation is 1. The Kier molecular flexibility index (Phi) is 3.23. The maximum atomic E-state index is 14.2. The molecule has 110 valence electrons. The fourth-order valence-corrected chi connectivity index (χ4v) is 3.20. The number of fused-ring (bicyclic) bond motifs is 1. The Morgan fingerprint density at radius 3 is 2.57 bits per heavy atom. The van der Waals surface area contributed by atoms with Gasteiger partial charge in [0.25, 0.3) is 0 Å². The van der Waals surface area contributed by atoms with Gasteiger partial charge in [0.05, 0.1) is 6.04 Å². The first kappa shape index (κ1) is 14.1. The molecule has 0 aliphatic heterocycles. The number of anilines is 1. The van der Waals surface area contributed by atoms with Crippen LogP contribution in [0.3, 0.4) is 0 Å². The maximum Gasteiger partial charge on any atom is 0.152 e. The van der Waals surface area contributed by atoms with Gasteiger partial charge >= 0.3 is 0 Å². The molecule has 3 heteroatoms. The van der Waals surface area contributed by atoms with E-state index >= 15 is 0 Å². The first-order valence-corrected chi connectivity index (χ1v) is 7.19.